The van der Waals surface area contributed by atoms with Crippen molar-refractivity contribution in [2.45, 2.75) is 30.4 Å². The van der Waals surface area contributed by atoms with Crippen LogP contribution < -0.4 is 0 Å². The summed E-state index contributed by atoms with van der Waals surface area (Å²) in [5.41, 5.74) is 2.00. The van der Waals surface area contributed by atoms with E-state index in [-0.39, 0.29) is 11.0 Å². The molecular weight excluding hydrogens is 288 g/mol. The van der Waals surface area contributed by atoms with E-state index in [1.165, 1.54) is 17.3 Å². The second-order valence-corrected chi connectivity index (χ2v) is 6.40. The Morgan fingerprint density at radius 2 is 1.80 bits per heavy atom. The summed E-state index contributed by atoms with van der Waals surface area (Å²) >= 11 is 7.63. The number of carbonyl (C=O) groups excluding carboxylic acids is 1. The van der Waals surface area contributed by atoms with E-state index < -0.39 is 0 Å². The zero-order valence-corrected chi connectivity index (χ0v) is 13.2. The molecule has 3 heteroatoms. The number of ketones is 1. The van der Waals surface area contributed by atoms with Crippen molar-refractivity contribution in [3.63, 3.8) is 0 Å². The molecular formula is C17H17ClOS. The van der Waals surface area contributed by atoms with Gasteiger partial charge in [-0.25, -0.2) is 0 Å². The molecule has 104 valence electrons. The number of rotatable bonds is 5. The van der Waals surface area contributed by atoms with Gasteiger partial charge in [0.05, 0.1) is 10.3 Å². The van der Waals surface area contributed by atoms with Gasteiger partial charge in [-0.3, -0.25) is 4.79 Å². The highest BCUT2D eigenvalue weighted by atomic mass is 35.5. The van der Waals surface area contributed by atoms with Crippen LogP contribution in [0.15, 0.2) is 53.4 Å². The highest BCUT2D eigenvalue weighted by Crippen LogP contribution is 2.31. The summed E-state index contributed by atoms with van der Waals surface area (Å²) in [6.07, 6.45) is 0.985. The van der Waals surface area contributed by atoms with E-state index in [1.54, 1.807) is 0 Å². The number of Topliss-reactive ketones (excluding diaryl/α,β-unsaturated/α-hetero) is 1. The summed E-state index contributed by atoms with van der Waals surface area (Å²) in [5.74, 6) is 0.137. The molecule has 0 spiro atoms. The van der Waals surface area contributed by atoms with Crippen LogP contribution in [0.3, 0.4) is 0 Å². The van der Waals surface area contributed by atoms with Crippen molar-refractivity contribution in [1.29, 1.82) is 0 Å². The number of halogens is 1. The molecule has 0 bridgehead atoms. The lowest BCUT2D eigenvalue weighted by Gasteiger charge is -2.11. The molecule has 0 saturated heterocycles. The van der Waals surface area contributed by atoms with Gasteiger partial charge in [-0.2, -0.15) is 0 Å². The largest absolute Gasteiger partial charge is 0.293 e. The quantitative estimate of drug-likeness (QED) is 0.553. The number of benzene rings is 2. The molecule has 0 fully saturated rings. The zero-order chi connectivity index (χ0) is 14.5. The number of hydrogen-bond acceptors (Lipinski definition) is 2. The summed E-state index contributed by atoms with van der Waals surface area (Å²) in [7, 11) is 0. The smallest absolute Gasteiger partial charge is 0.175 e. The molecule has 0 N–H and O–H groups in total. The molecule has 2 aromatic carbocycles. The first-order chi connectivity index (χ1) is 9.61. The Kier molecular flexibility index (Phi) is 5.27. The van der Waals surface area contributed by atoms with Gasteiger partial charge in [0.15, 0.2) is 5.78 Å². The Balaban J connectivity index is 2.10. The van der Waals surface area contributed by atoms with E-state index in [2.05, 4.69) is 6.92 Å². The molecule has 2 aromatic rings. The van der Waals surface area contributed by atoms with Gasteiger partial charge in [0.1, 0.15) is 0 Å². The van der Waals surface area contributed by atoms with Gasteiger partial charge >= 0.3 is 0 Å². The molecule has 0 radical (unpaired) electrons. The van der Waals surface area contributed by atoms with Gasteiger partial charge in [-0.1, -0.05) is 54.9 Å². The average Bonchev–Trinajstić information content (AvgIpc) is 2.49. The van der Waals surface area contributed by atoms with Crippen LogP contribution in [0.2, 0.25) is 5.02 Å². The fourth-order valence-electron chi connectivity index (χ4n) is 1.92. The molecule has 1 atom stereocenters. The minimum atomic E-state index is -0.151. The third-order valence-electron chi connectivity index (χ3n) is 3.16. The summed E-state index contributed by atoms with van der Waals surface area (Å²) < 4.78 is 0. The van der Waals surface area contributed by atoms with Crippen LogP contribution >= 0.6 is 23.4 Å². The van der Waals surface area contributed by atoms with E-state index in [0.29, 0.717) is 5.02 Å². The van der Waals surface area contributed by atoms with Gasteiger partial charge in [-0.15, -0.1) is 11.8 Å². The van der Waals surface area contributed by atoms with Crippen molar-refractivity contribution < 1.29 is 4.79 Å². The number of carbonyl (C=O) groups is 1. The minimum Gasteiger partial charge on any atom is -0.293 e. The Morgan fingerprint density at radius 3 is 2.40 bits per heavy atom. The molecule has 0 heterocycles. The van der Waals surface area contributed by atoms with Crippen molar-refractivity contribution >= 4 is 29.1 Å². The van der Waals surface area contributed by atoms with E-state index >= 15 is 0 Å². The Morgan fingerprint density at radius 1 is 1.15 bits per heavy atom. The number of thioether (sulfide) groups is 1. The molecule has 2 rings (SSSR count). The molecule has 1 nitrogen and oxygen atoms in total. The third kappa shape index (κ3) is 3.65. The minimum absolute atomic E-state index is 0.137. The van der Waals surface area contributed by atoms with Gasteiger partial charge in [0.2, 0.25) is 0 Å². The average molecular weight is 305 g/mol. The van der Waals surface area contributed by atoms with Gasteiger partial charge in [0, 0.05) is 10.5 Å². The fraction of sp³-hybridized carbons (Fsp3) is 0.235. The molecule has 0 aromatic heterocycles. The highest BCUT2D eigenvalue weighted by Gasteiger charge is 2.17. The molecule has 20 heavy (non-hydrogen) atoms. The van der Waals surface area contributed by atoms with Crippen LogP contribution in [-0.2, 0) is 6.42 Å². The van der Waals surface area contributed by atoms with Crippen molar-refractivity contribution in [2.75, 3.05) is 0 Å². The van der Waals surface area contributed by atoms with Crippen LogP contribution in [0.25, 0.3) is 0 Å². The number of hydrogen-bond donors (Lipinski definition) is 0. The first-order valence-corrected chi connectivity index (χ1v) is 7.92. The van der Waals surface area contributed by atoms with Crippen LogP contribution in [0.1, 0.15) is 29.8 Å². The summed E-state index contributed by atoms with van der Waals surface area (Å²) in [6, 6.07) is 15.5. The van der Waals surface area contributed by atoms with E-state index in [4.69, 9.17) is 11.6 Å². The molecule has 0 aliphatic heterocycles. The van der Waals surface area contributed by atoms with Gasteiger partial charge in [0.25, 0.3) is 0 Å². The normalized spacial score (nSPS) is 12.2. The first-order valence-electron chi connectivity index (χ1n) is 6.66. The lowest BCUT2D eigenvalue weighted by Crippen LogP contribution is -2.13. The summed E-state index contributed by atoms with van der Waals surface area (Å²) in [6.45, 7) is 4.02. The van der Waals surface area contributed by atoms with Crippen molar-refractivity contribution in [3.05, 3.63) is 64.7 Å². The van der Waals surface area contributed by atoms with E-state index in [1.807, 2.05) is 55.5 Å². The lowest BCUT2D eigenvalue weighted by molar-refractivity contribution is 0.0994. The highest BCUT2D eigenvalue weighted by molar-refractivity contribution is 8.00. The van der Waals surface area contributed by atoms with Gasteiger partial charge in [-0.05, 0) is 31.0 Å². The second-order valence-electron chi connectivity index (χ2n) is 4.61. The maximum Gasteiger partial charge on any atom is 0.175 e. The Labute approximate surface area is 129 Å². The van der Waals surface area contributed by atoms with Crippen molar-refractivity contribution in [2.24, 2.45) is 0 Å². The van der Waals surface area contributed by atoms with E-state index in [9.17, 15) is 4.79 Å². The van der Waals surface area contributed by atoms with Crippen molar-refractivity contribution in [1.82, 2.24) is 0 Å². The summed E-state index contributed by atoms with van der Waals surface area (Å²) in [4.78, 5) is 13.3. The molecule has 0 amide bonds. The maximum absolute atomic E-state index is 12.4. The molecule has 0 aliphatic rings. The van der Waals surface area contributed by atoms with Gasteiger partial charge < -0.3 is 0 Å². The number of aryl methyl sites for hydroxylation is 1. The second kappa shape index (κ2) is 6.96. The maximum atomic E-state index is 12.4. The van der Waals surface area contributed by atoms with E-state index in [0.717, 1.165) is 16.9 Å². The lowest BCUT2D eigenvalue weighted by atomic mass is 10.1. The van der Waals surface area contributed by atoms with Crippen LogP contribution in [0.4, 0.5) is 0 Å². The fourth-order valence-corrected chi connectivity index (χ4v) is 3.15. The van der Waals surface area contributed by atoms with Crippen molar-refractivity contribution in [3.8, 4) is 0 Å². The van der Waals surface area contributed by atoms with Crippen LogP contribution in [-0.4, -0.2) is 11.0 Å². The standard InChI is InChI=1S/C17H17ClOS/c1-3-13-8-10-14(11-9-13)17(19)12(2)20-16-7-5-4-6-15(16)18/h4-12H,3H2,1-2H3. The topological polar surface area (TPSA) is 17.1 Å². The zero-order valence-electron chi connectivity index (χ0n) is 11.6. The third-order valence-corrected chi connectivity index (χ3v) is 4.78. The molecule has 1 unspecified atom stereocenters. The molecule has 0 aliphatic carbocycles. The molecule has 0 saturated carbocycles. The first kappa shape index (κ1) is 15.1. The SMILES string of the molecule is CCc1ccc(C(=O)C(C)Sc2ccccc2Cl)cc1. The van der Waals surface area contributed by atoms with Crippen LogP contribution in [0, 0.1) is 0 Å². The predicted octanol–water partition coefficient (Wildman–Crippen LogP) is 5.27. The Bertz CT molecular complexity index is 592. The van der Waals surface area contributed by atoms with Crippen LogP contribution in [0.5, 0.6) is 0 Å². The predicted molar refractivity (Wildman–Crippen MR) is 86.9 cm³/mol. The Hall–Kier alpha value is -1.25. The monoisotopic (exact) mass is 304 g/mol. The summed E-state index contributed by atoms with van der Waals surface area (Å²) in [5, 5.41) is 0.542.